The first-order valence-corrected chi connectivity index (χ1v) is 6.51. The van der Waals surface area contributed by atoms with Crippen LogP contribution < -0.4 is 10.7 Å². The van der Waals surface area contributed by atoms with Crippen LogP contribution in [-0.2, 0) is 9.53 Å². The van der Waals surface area contributed by atoms with Crippen LogP contribution in [0.4, 0.5) is 5.69 Å². The van der Waals surface area contributed by atoms with Crippen LogP contribution in [0.1, 0.15) is 19.4 Å². The Balaban J connectivity index is 2.13. The molecule has 0 saturated heterocycles. The zero-order valence-corrected chi connectivity index (χ0v) is 11.4. The third kappa shape index (κ3) is 1.97. The van der Waals surface area contributed by atoms with Gasteiger partial charge in [0.25, 0.3) is 5.91 Å². The fourth-order valence-corrected chi connectivity index (χ4v) is 2.33. The van der Waals surface area contributed by atoms with Crippen molar-refractivity contribution in [1.82, 2.24) is 5.43 Å². The number of rotatable bonds is 2. The summed E-state index contributed by atoms with van der Waals surface area (Å²) in [5.41, 5.74) is 6.32. The van der Waals surface area contributed by atoms with Gasteiger partial charge in [-0.2, -0.15) is 5.10 Å². The molecule has 1 aromatic rings. The highest BCUT2D eigenvalue weighted by atomic mass is 16.5. The molecule has 0 spiro atoms. The van der Waals surface area contributed by atoms with E-state index in [1.54, 1.807) is 6.92 Å². The van der Waals surface area contributed by atoms with E-state index < -0.39 is 0 Å². The highest BCUT2D eigenvalue weighted by Gasteiger charge is 2.26. The maximum Gasteiger partial charge on any atom is 0.275 e. The third-order valence-corrected chi connectivity index (χ3v) is 3.22. The van der Waals surface area contributed by atoms with E-state index in [9.17, 15) is 4.79 Å². The Morgan fingerprint density at radius 2 is 2.10 bits per heavy atom. The molecule has 1 amide bonds. The molecule has 20 heavy (non-hydrogen) atoms. The average molecular weight is 269 g/mol. The molecular weight excluding hydrogens is 254 g/mol. The molecule has 0 unspecified atom stereocenters. The summed E-state index contributed by atoms with van der Waals surface area (Å²) < 4.78 is 5.68. The summed E-state index contributed by atoms with van der Waals surface area (Å²) in [5, 5.41) is 7.22. The van der Waals surface area contributed by atoms with Crippen molar-refractivity contribution < 1.29 is 9.53 Å². The molecule has 2 aliphatic heterocycles. The second kappa shape index (κ2) is 4.85. The van der Waals surface area contributed by atoms with Crippen molar-refractivity contribution in [3.63, 3.8) is 0 Å². The van der Waals surface area contributed by atoms with Crippen molar-refractivity contribution in [3.05, 3.63) is 47.2 Å². The van der Waals surface area contributed by atoms with Crippen LogP contribution in [0.25, 0.3) is 5.76 Å². The van der Waals surface area contributed by atoms with E-state index in [1.165, 1.54) is 0 Å². The lowest BCUT2D eigenvalue weighted by Crippen LogP contribution is -2.19. The molecule has 0 bridgehead atoms. The zero-order valence-electron chi connectivity index (χ0n) is 11.4. The standard InChI is InChI=1S/C15H15N3O2/c1-3-20-13-8-12(14-9(2)17-18-15(14)19)16-11-7-5-4-6-10(11)13/h4-8,16H,3H2,1-2H3,(H,18,19). The Bertz CT molecular complexity index is 671. The van der Waals surface area contributed by atoms with Gasteiger partial charge in [-0.3, -0.25) is 4.79 Å². The lowest BCUT2D eigenvalue weighted by molar-refractivity contribution is -0.116. The number of fused-ring (bicyclic) bond motifs is 1. The van der Waals surface area contributed by atoms with E-state index in [0.717, 1.165) is 17.0 Å². The van der Waals surface area contributed by atoms with Crippen LogP contribution in [0.5, 0.6) is 0 Å². The van der Waals surface area contributed by atoms with Gasteiger partial charge in [0.15, 0.2) is 0 Å². The summed E-state index contributed by atoms with van der Waals surface area (Å²) in [4.78, 5) is 11.9. The zero-order chi connectivity index (χ0) is 14.1. The maximum atomic E-state index is 11.9. The second-order valence-corrected chi connectivity index (χ2v) is 4.54. The fourth-order valence-electron chi connectivity index (χ4n) is 2.33. The molecule has 2 N–H and O–H groups in total. The number of anilines is 1. The van der Waals surface area contributed by atoms with E-state index in [-0.39, 0.29) is 5.91 Å². The predicted octanol–water partition coefficient (Wildman–Crippen LogP) is 2.25. The molecule has 2 heterocycles. The predicted molar refractivity (Wildman–Crippen MR) is 77.9 cm³/mol. The minimum absolute atomic E-state index is 0.198. The maximum absolute atomic E-state index is 11.9. The highest BCUT2D eigenvalue weighted by Crippen LogP contribution is 2.33. The molecule has 102 valence electrons. The number of benzene rings is 1. The van der Waals surface area contributed by atoms with E-state index in [0.29, 0.717) is 23.6 Å². The molecule has 5 nitrogen and oxygen atoms in total. The van der Waals surface area contributed by atoms with Gasteiger partial charge in [-0.25, -0.2) is 5.43 Å². The van der Waals surface area contributed by atoms with Crippen molar-refractivity contribution in [3.8, 4) is 0 Å². The van der Waals surface area contributed by atoms with Crippen LogP contribution in [0.2, 0.25) is 0 Å². The summed E-state index contributed by atoms with van der Waals surface area (Å²) in [6.07, 6.45) is 1.85. The molecule has 0 atom stereocenters. The number of amides is 1. The van der Waals surface area contributed by atoms with E-state index in [1.807, 2.05) is 37.3 Å². The molecule has 0 saturated carbocycles. The number of hydrazone groups is 1. The first kappa shape index (κ1) is 12.5. The van der Waals surface area contributed by atoms with Gasteiger partial charge in [0.1, 0.15) is 5.76 Å². The lowest BCUT2D eigenvalue weighted by atomic mass is 10.0. The third-order valence-electron chi connectivity index (χ3n) is 3.22. The van der Waals surface area contributed by atoms with Crippen molar-refractivity contribution in [2.75, 3.05) is 11.9 Å². The second-order valence-electron chi connectivity index (χ2n) is 4.54. The first-order chi connectivity index (χ1) is 9.70. The Morgan fingerprint density at radius 3 is 2.80 bits per heavy atom. The SMILES string of the molecule is CCOC1=CC(=C2C(=O)NN=C2C)Nc2ccccc21. The molecule has 2 aliphatic rings. The van der Waals surface area contributed by atoms with Crippen molar-refractivity contribution in [2.24, 2.45) is 5.10 Å². The molecular formula is C15H15N3O2. The number of allylic oxidation sites excluding steroid dienone is 1. The topological polar surface area (TPSA) is 62.7 Å². The summed E-state index contributed by atoms with van der Waals surface area (Å²) in [5.74, 6) is 0.563. The summed E-state index contributed by atoms with van der Waals surface area (Å²) in [6.45, 7) is 4.31. The average Bonchev–Trinajstić information content (AvgIpc) is 2.78. The molecule has 3 rings (SSSR count). The number of nitrogens with zero attached hydrogens (tertiary/aromatic N) is 1. The number of carbonyl (C=O) groups excluding carboxylic acids is 1. The van der Waals surface area contributed by atoms with Gasteiger partial charge in [0, 0.05) is 17.3 Å². The van der Waals surface area contributed by atoms with Crippen LogP contribution in [0.3, 0.4) is 0 Å². The summed E-state index contributed by atoms with van der Waals surface area (Å²) >= 11 is 0. The quantitative estimate of drug-likeness (QED) is 0.809. The van der Waals surface area contributed by atoms with Crippen molar-refractivity contribution in [2.45, 2.75) is 13.8 Å². The molecule has 0 fully saturated rings. The van der Waals surface area contributed by atoms with Crippen LogP contribution in [0, 0.1) is 0 Å². The fraction of sp³-hybridized carbons (Fsp3) is 0.200. The van der Waals surface area contributed by atoms with Gasteiger partial charge in [-0.05, 0) is 26.0 Å². The molecule has 0 radical (unpaired) electrons. The number of carbonyl (C=O) groups is 1. The summed E-state index contributed by atoms with van der Waals surface area (Å²) in [7, 11) is 0. The van der Waals surface area contributed by atoms with Gasteiger partial charge >= 0.3 is 0 Å². The van der Waals surface area contributed by atoms with Gasteiger partial charge in [0.2, 0.25) is 0 Å². The van der Waals surface area contributed by atoms with E-state index in [4.69, 9.17) is 4.74 Å². The van der Waals surface area contributed by atoms with Gasteiger partial charge in [-0.15, -0.1) is 0 Å². The lowest BCUT2D eigenvalue weighted by Gasteiger charge is -2.22. The number of nitrogens with one attached hydrogen (secondary N) is 2. The number of ether oxygens (including phenoxy) is 1. The molecule has 5 heteroatoms. The van der Waals surface area contributed by atoms with Gasteiger partial charge in [-0.1, -0.05) is 12.1 Å². The largest absolute Gasteiger partial charge is 0.493 e. The van der Waals surface area contributed by atoms with Crippen LogP contribution in [0.15, 0.2) is 46.7 Å². The number of hydrogen-bond donors (Lipinski definition) is 2. The van der Waals surface area contributed by atoms with E-state index in [2.05, 4.69) is 15.8 Å². The Labute approximate surface area is 117 Å². The number of hydrogen-bond acceptors (Lipinski definition) is 4. The number of para-hydroxylation sites is 1. The molecule has 0 aromatic heterocycles. The summed E-state index contributed by atoms with van der Waals surface area (Å²) in [6, 6.07) is 7.85. The van der Waals surface area contributed by atoms with Gasteiger partial charge in [0.05, 0.1) is 23.6 Å². The van der Waals surface area contributed by atoms with Crippen molar-refractivity contribution >= 4 is 23.1 Å². The Hall–Kier alpha value is -2.56. The highest BCUT2D eigenvalue weighted by molar-refractivity contribution is 6.25. The van der Waals surface area contributed by atoms with Crippen molar-refractivity contribution in [1.29, 1.82) is 0 Å². The molecule has 0 aliphatic carbocycles. The molecule has 1 aromatic carbocycles. The minimum Gasteiger partial charge on any atom is -0.493 e. The van der Waals surface area contributed by atoms with Gasteiger partial charge < -0.3 is 10.1 Å². The normalized spacial score (nSPS) is 20.6. The van der Waals surface area contributed by atoms with Crippen LogP contribution >= 0.6 is 0 Å². The monoisotopic (exact) mass is 269 g/mol. The van der Waals surface area contributed by atoms with E-state index >= 15 is 0 Å². The smallest absolute Gasteiger partial charge is 0.275 e. The van der Waals surface area contributed by atoms with Crippen LogP contribution in [-0.4, -0.2) is 18.2 Å². The Kier molecular flexibility index (Phi) is 3.02. The minimum atomic E-state index is -0.198. The first-order valence-electron chi connectivity index (χ1n) is 6.51. The Morgan fingerprint density at radius 1 is 1.30 bits per heavy atom.